The van der Waals surface area contributed by atoms with Crippen molar-refractivity contribution in [3.63, 3.8) is 0 Å². The Morgan fingerprint density at radius 1 is 1.31 bits per heavy atom. The molecule has 1 fully saturated rings. The molecule has 1 heterocycles. The van der Waals surface area contributed by atoms with Crippen LogP contribution in [0.3, 0.4) is 0 Å². The number of nitrogens with one attached hydrogen (secondary N) is 1. The molecule has 3 N–H and O–H groups in total. The summed E-state index contributed by atoms with van der Waals surface area (Å²) in [5.41, 5.74) is 8.02. The Morgan fingerprint density at radius 3 is 2.50 bits per heavy atom. The molecule has 2 rings (SSSR count). The summed E-state index contributed by atoms with van der Waals surface area (Å²) >= 11 is 11.6. The van der Waals surface area contributed by atoms with Crippen molar-refractivity contribution in [1.82, 2.24) is 5.43 Å². The number of carbonyl (C=O) groups excluding carboxylic acids is 2. The van der Waals surface area contributed by atoms with Gasteiger partial charge in [0.05, 0.1) is 10.7 Å². The van der Waals surface area contributed by atoms with Gasteiger partial charge in [0.25, 0.3) is 11.8 Å². The van der Waals surface area contributed by atoms with Gasteiger partial charge in [0.15, 0.2) is 6.04 Å². The summed E-state index contributed by atoms with van der Waals surface area (Å²) in [6.07, 6.45) is 0. The lowest BCUT2D eigenvalue weighted by Crippen LogP contribution is -2.37. The molecule has 1 aliphatic heterocycles. The zero-order chi connectivity index (χ0) is 11.9. The Morgan fingerprint density at radius 2 is 2.00 bits per heavy atom. The van der Waals surface area contributed by atoms with E-state index in [9.17, 15) is 9.59 Å². The number of hydrogen-bond acceptors (Lipinski definition) is 3. The maximum absolute atomic E-state index is 11.6. The molecule has 0 aromatic heterocycles. The number of nitrogens with zero attached hydrogens (tertiary/aromatic N) is 1. The van der Waals surface area contributed by atoms with Crippen molar-refractivity contribution in [2.24, 2.45) is 5.73 Å². The van der Waals surface area contributed by atoms with Crippen LogP contribution in [0.5, 0.6) is 0 Å². The topological polar surface area (TPSA) is 75.4 Å². The van der Waals surface area contributed by atoms with Crippen molar-refractivity contribution in [2.75, 3.05) is 5.01 Å². The molecule has 1 atom stereocenters. The first-order valence-corrected chi connectivity index (χ1v) is 5.11. The minimum absolute atomic E-state index is 0.259. The lowest BCUT2D eigenvalue weighted by atomic mass is 10.3. The average molecular weight is 260 g/mol. The molecule has 2 amide bonds. The van der Waals surface area contributed by atoms with E-state index >= 15 is 0 Å². The van der Waals surface area contributed by atoms with Gasteiger partial charge >= 0.3 is 0 Å². The highest BCUT2D eigenvalue weighted by Crippen LogP contribution is 2.29. The third-order valence-electron chi connectivity index (χ3n) is 2.14. The van der Waals surface area contributed by atoms with Crippen LogP contribution in [0.25, 0.3) is 0 Å². The van der Waals surface area contributed by atoms with Crippen LogP contribution >= 0.6 is 23.2 Å². The fraction of sp³-hybridized carbons (Fsp3) is 0.111. The highest BCUT2D eigenvalue weighted by Gasteiger charge is 2.37. The first-order chi connectivity index (χ1) is 7.50. The van der Waals surface area contributed by atoms with Crippen LogP contribution in [0, 0.1) is 0 Å². The number of carbonyl (C=O) groups is 2. The van der Waals surface area contributed by atoms with Crippen molar-refractivity contribution in [1.29, 1.82) is 0 Å². The summed E-state index contributed by atoms with van der Waals surface area (Å²) in [6.45, 7) is 0. The molecule has 0 saturated carbocycles. The van der Waals surface area contributed by atoms with E-state index < -0.39 is 17.9 Å². The number of amides is 2. The van der Waals surface area contributed by atoms with E-state index in [2.05, 4.69) is 5.43 Å². The summed E-state index contributed by atoms with van der Waals surface area (Å²) in [7, 11) is 0. The van der Waals surface area contributed by atoms with Crippen molar-refractivity contribution in [3.8, 4) is 0 Å². The maximum atomic E-state index is 11.6. The van der Waals surface area contributed by atoms with E-state index in [-0.39, 0.29) is 5.02 Å². The van der Waals surface area contributed by atoms with Crippen LogP contribution in [-0.4, -0.2) is 17.9 Å². The summed E-state index contributed by atoms with van der Waals surface area (Å²) in [5.74, 6) is -1.11. The van der Waals surface area contributed by atoms with Gasteiger partial charge in [0.2, 0.25) is 0 Å². The molecule has 5 nitrogen and oxygen atoms in total. The lowest BCUT2D eigenvalue weighted by molar-refractivity contribution is -0.123. The highest BCUT2D eigenvalue weighted by molar-refractivity contribution is 6.37. The van der Waals surface area contributed by atoms with Gasteiger partial charge in [-0.05, 0) is 18.2 Å². The van der Waals surface area contributed by atoms with E-state index in [1.54, 1.807) is 6.07 Å². The second kappa shape index (κ2) is 3.93. The third kappa shape index (κ3) is 1.73. The Kier molecular flexibility index (Phi) is 2.75. The number of hydrazine groups is 1. The number of hydrogen-bond donors (Lipinski definition) is 2. The van der Waals surface area contributed by atoms with Crippen LogP contribution in [0.4, 0.5) is 5.69 Å². The monoisotopic (exact) mass is 259 g/mol. The van der Waals surface area contributed by atoms with E-state index in [0.29, 0.717) is 10.7 Å². The number of nitrogens with two attached hydrogens (primary N) is 1. The van der Waals surface area contributed by atoms with Crippen molar-refractivity contribution in [2.45, 2.75) is 6.04 Å². The Hall–Kier alpha value is -1.30. The molecular formula is C9H7Cl2N3O2. The number of halogens is 2. The predicted octanol–water partition coefficient (Wildman–Crippen LogP) is 0.698. The van der Waals surface area contributed by atoms with Crippen LogP contribution < -0.4 is 16.2 Å². The largest absolute Gasteiger partial charge is 0.312 e. The predicted molar refractivity (Wildman–Crippen MR) is 60.1 cm³/mol. The third-order valence-corrected chi connectivity index (χ3v) is 2.68. The molecule has 84 valence electrons. The van der Waals surface area contributed by atoms with Crippen molar-refractivity contribution >= 4 is 40.7 Å². The fourth-order valence-corrected chi connectivity index (χ4v) is 1.82. The smallest absolute Gasteiger partial charge is 0.272 e. The van der Waals surface area contributed by atoms with Crippen LogP contribution in [0.2, 0.25) is 10.0 Å². The maximum Gasteiger partial charge on any atom is 0.272 e. The van der Waals surface area contributed by atoms with Crippen molar-refractivity contribution < 1.29 is 9.59 Å². The summed E-state index contributed by atoms with van der Waals surface area (Å²) in [5, 5.41) is 1.72. The van der Waals surface area contributed by atoms with Crippen LogP contribution in [0.1, 0.15) is 0 Å². The molecule has 0 aliphatic carbocycles. The van der Waals surface area contributed by atoms with E-state index in [0.717, 1.165) is 5.01 Å². The Labute approximate surface area is 101 Å². The number of benzene rings is 1. The molecule has 0 radical (unpaired) electrons. The Balaban J connectivity index is 2.39. The summed E-state index contributed by atoms with van der Waals surface area (Å²) in [6, 6.07) is 3.38. The molecule has 7 heteroatoms. The van der Waals surface area contributed by atoms with Crippen molar-refractivity contribution in [3.05, 3.63) is 28.2 Å². The minimum atomic E-state index is -1.19. The van der Waals surface area contributed by atoms with Gasteiger partial charge in [-0.2, -0.15) is 0 Å². The molecule has 1 aliphatic rings. The van der Waals surface area contributed by atoms with Gasteiger partial charge in [-0.15, -0.1) is 0 Å². The van der Waals surface area contributed by atoms with Gasteiger partial charge in [-0.25, -0.2) is 5.01 Å². The molecule has 0 spiro atoms. The molecule has 0 bridgehead atoms. The number of anilines is 1. The molecule has 1 aromatic rings. The first kappa shape index (κ1) is 11.2. The Bertz CT molecular complexity index is 478. The van der Waals surface area contributed by atoms with Gasteiger partial charge in [-0.1, -0.05) is 23.2 Å². The van der Waals surface area contributed by atoms with Gasteiger partial charge in [0, 0.05) is 5.02 Å². The minimum Gasteiger partial charge on any atom is -0.312 e. The van der Waals surface area contributed by atoms with Gasteiger partial charge in [-0.3, -0.25) is 15.0 Å². The zero-order valence-corrected chi connectivity index (χ0v) is 9.42. The summed E-state index contributed by atoms with van der Waals surface area (Å²) < 4.78 is 0. The van der Waals surface area contributed by atoms with E-state index in [1.165, 1.54) is 12.1 Å². The molecule has 0 unspecified atom stereocenters. The molecule has 16 heavy (non-hydrogen) atoms. The van der Waals surface area contributed by atoms with Gasteiger partial charge < -0.3 is 5.73 Å². The molecule has 1 saturated heterocycles. The SMILES string of the molecule is N[C@H]1C(=O)NN(c2ccc(Cl)cc2Cl)C1=O. The highest BCUT2D eigenvalue weighted by atomic mass is 35.5. The second-order valence-electron chi connectivity index (χ2n) is 3.22. The number of rotatable bonds is 1. The van der Waals surface area contributed by atoms with E-state index in [1.807, 2.05) is 0 Å². The quantitative estimate of drug-likeness (QED) is 0.730. The normalized spacial score (nSPS) is 20.2. The molecular weight excluding hydrogens is 253 g/mol. The standard InChI is InChI=1S/C9H7Cl2N3O2/c10-4-1-2-6(5(11)3-4)14-9(16)7(12)8(15)13-14/h1-3,7H,12H2,(H,13,15)/t7-/m0/s1. The van der Waals surface area contributed by atoms with E-state index in [4.69, 9.17) is 28.9 Å². The van der Waals surface area contributed by atoms with Gasteiger partial charge in [0.1, 0.15) is 0 Å². The second-order valence-corrected chi connectivity index (χ2v) is 4.07. The average Bonchev–Trinajstić information content (AvgIpc) is 2.46. The van der Waals surface area contributed by atoms with Crippen LogP contribution in [-0.2, 0) is 9.59 Å². The molecule has 1 aromatic carbocycles. The fourth-order valence-electron chi connectivity index (χ4n) is 1.33. The first-order valence-electron chi connectivity index (χ1n) is 4.36. The lowest BCUT2D eigenvalue weighted by Gasteiger charge is -2.16. The zero-order valence-electron chi connectivity index (χ0n) is 7.91. The van der Waals surface area contributed by atoms with Crippen LogP contribution in [0.15, 0.2) is 18.2 Å². The summed E-state index contributed by atoms with van der Waals surface area (Å²) in [4.78, 5) is 22.8.